The van der Waals surface area contributed by atoms with Crippen molar-refractivity contribution >= 4 is 36.3 Å². The smallest absolute Gasteiger partial charge is 0.478 e. The lowest BCUT2D eigenvalue weighted by Gasteiger charge is -2.34. The van der Waals surface area contributed by atoms with Gasteiger partial charge in [0.2, 0.25) is 5.91 Å². The van der Waals surface area contributed by atoms with E-state index in [1.165, 1.54) is 11.3 Å². The highest BCUT2D eigenvalue weighted by Crippen LogP contribution is 2.25. The summed E-state index contributed by atoms with van der Waals surface area (Å²) in [6.45, 7) is 0. The summed E-state index contributed by atoms with van der Waals surface area (Å²) in [5.41, 5.74) is 0.869. The van der Waals surface area contributed by atoms with Gasteiger partial charge < -0.3 is 25.2 Å². The predicted molar refractivity (Wildman–Crippen MR) is 85.4 cm³/mol. The first-order valence-electron chi connectivity index (χ1n) is 7.45. The number of thiophene rings is 1. The van der Waals surface area contributed by atoms with Crippen molar-refractivity contribution in [3.63, 3.8) is 0 Å². The van der Waals surface area contributed by atoms with Crippen LogP contribution in [0, 0.1) is 5.92 Å². The van der Waals surface area contributed by atoms with E-state index in [1.807, 2.05) is 16.8 Å². The van der Waals surface area contributed by atoms with Crippen LogP contribution in [0.25, 0.3) is 0 Å². The number of nitrogens with one attached hydrogen (secondary N) is 1. The number of aliphatic carboxylic acids is 2. The van der Waals surface area contributed by atoms with Gasteiger partial charge in [0.15, 0.2) is 0 Å². The number of hydrogen-bond acceptors (Lipinski definition) is 6. The van der Waals surface area contributed by atoms with Crippen molar-refractivity contribution in [3.8, 4) is 0 Å². The van der Waals surface area contributed by atoms with Gasteiger partial charge in [0.25, 0.3) is 0 Å². The standard InChI is InChI=1S/C14H18BNO7S/c17-12(5-8-3-4-24-7-8)16-11-2-1-10(23-15(11)22)9(14(20)21)6-13(18)19/h3-4,7,9-11,22H,1-2,5-6H2,(H,16,17)(H,18,19)(H,20,21). The van der Waals surface area contributed by atoms with Crippen LogP contribution >= 0.6 is 11.3 Å². The summed E-state index contributed by atoms with van der Waals surface area (Å²) in [5, 5.41) is 34.3. The van der Waals surface area contributed by atoms with Crippen molar-refractivity contribution in [1.29, 1.82) is 0 Å². The van der Waals surface area contributed by atoms with Gasteiger partial charge in [-0.05, 0) is 35.2 Å². The molecule has 3 atom stereocenters. The Morgan fingerprint density at radius 2 is 2.12 bits per heavy atom. The van der Waals surface area contributed by atoms with Crippen molar-refractivity contribution < 1.29 is 34.3 Å². The highest BCUT2D eigenvalue weighted by Gasteiger charge is 2.41. The van der Waals surface area contributed by atoms with Crippen LogP contribution in [0.15, 0.2) is 16.8 Å². The SMILES string of the molecule is O=C(O)CC(C(=O)O)C1CCC(NC(=O)Cc2ccsc2)B(O)O1. The molecule has 2 heterocycles. The van der Waals surface area contributed by atoms with Crippen molar-refractivity contribution in [1.82, 2.24) is 5.32 Å². The van der Waals surface area contributed by atoms with Crippen LogP contribution in [0.5, 0.6) is 0 Å². The van der Waals surface area contributed by atoms with Gasteiger partial charge in [-0.1, -0.05) is 0 Å². The summed E-state index contributed by atoms with van der Waals surface area (Å²) >= 11 is 1.48. The van der Waals surface area contributed by atoms with Crippen molar-refractivity contribution in [2.45, 2.75) is 37.7 Å². The van der Waals surface area contributed by atoms with Gasteiger partial charge in [-0.15, -0.1) is 0 Å². The maximum absolute atomic E-state index is 11.9. The first-order valence-corrected chi connectivity index (χ1v) is 8.39. The fraction of sp³-hybridized carbons (Fsp3) is 0.500. The number of amides is 1. The quantitative estimate of drug-likeness (QED) is 0.512. The maximum atomic E-state index is 11.9. The molecule has 1 aliphatic rings. The van der Waals surface area contributed by atoms with E-state index < -0.39 is 43.4 Å². The van der Waals surface area contributed by atoms with Gasteiger partial charge in [0, 0.05) is 0 Å². The molecule has 0 aliphatic carbocycles. The normalized spacial score (nSPS) is 22.0. The Morgan fingerprint density at radius 1 is 1.38 bits per heavy atom. The average Bonchev–Trinajstić information content (AvgIpc) is 2.99. The molecule has 0 bridgehead atoms. The Bertz CT molecular complexity index is 594. The second-order valence-electron chi connectivity index (χ2n) is 5.67. The van der Waals surface area contributed by atoms with Crippen molar-refractivity contribution in [3.05, 3.63) is 22.4 Å². The fourth-order valence-corrected chi connectivity index (χ4v) is 3.34. The van der Waals surface area contributed by atoms with Gasteiger partial charge in [-0.2, -0.15) is 11.3 Å². The van der Waals surface area contributed by atoms with E-state index in [1.54, 1.807) is 0 Å². The molecule has 10 heteroatoms. The summed E-state index contributed by atoms with van der Waals surface area (Å²) in [6.07, 6.45) is -0.747. The fourth-order valence-electron chi connectivity index (χ4n) is 2.67. The lowest BCUT2D eigenvalue weighted by Crippen LogP contribution is -2.54. The van der Waals surface area contributed by atoms with Crippen molar-refractivity contribution in [2.75, 3.05) is 0 Å². The molecular weight excluding hydrogens is 337 g/mol. The number of carbonyl (C=O) groups is 3. The van der Waals surface area contributed by atoms with Crippen LogP contribution in [0.1, 0.15) is 24.8 Å². The molecule has 1 saturated heterocycles. The highest BCUT2D eigenvalue weighted by atomic mass is 32.1. The summed E-state index contributed by atoms with van der Waals surface area (Å²) in [7, 11) is -1.37. The third-order valence-electron chi connectivity index (χ3n) is 3.87. The Labute approximate surface area is 142 Å². The van der Waals surface area contributed by atoms with Gasteiger partial charge in [0.05, 0.1) is 30.8 Å². The van der Waals surface area contributed by atoms with Gasteiger partial charge in [-0.25, -0.2) is 0 Å². The molecule has 1 aromatic heterocycles. The van der Waals surface area contributed by atoms with Gasteiger partial charge in [0.1, 0.15) is 0 Å². The van der Waals surface area contributed by atoms with E-state index in [2.05, 4.69) is 5.32 Å². The molecular formula is C14H18BNO7S. The second-order valence-corrected chi connectivity index (χ2v) is 6.45. The highest BCUT2D eigenvalue weighted by molar-refractivity contribution is 7.08. The van der Waals surface area contributed by atoms with Gasteiger partial charge >= 0.3 is 19.1 Å². The molecule has 1 aliphatic heterocycles. The number of hydrogen-bond donors (Lipinski definition) is 4. The largest absolute Gasteiger partial charge is 0.481 e. The summed E-state index contributed by atoms with van der Waals surface area (Å²) in [6, 6.07) is 1.83. The molecule has 4 N–H and O–H groups in total. The van der Waals surface area contributed by atoms with E-state index in [9.17, 15) is 19.4 Å². The molecule has 24 heavy (non-hydrogen) atoms. The molecule has 1 aromatic rings. The predicted octanol–water partition coefficient (Wildman–Crippen LogP) is 0.150. The zero-order chi connectivity index (χ0) is 17.7. The summed E-state index contributed by atoms with van der Waals surface area (Å²) in [4.78, 5) is 33.9. The van der Waals surface area contributed by atoms with Crippen LogP contribution in [-0.4, -0.2) is 52.2 Å². The molecule has 130 valence electrons. The van der Waals surface area contributed by atoms with Crippen molar-refractivity contribution in [2.24, 2.45) is 5.92 Å². The second kappa shape index (κ2) is 8.27. The maximum Gasteiger partial charge on any atom is 0.478 e. The Balaban J connectivity index is 1.88. The summed E-state index contributed by atoms with van der Waals surface area (Å²) in [5.74, 6) is -4.67. The molecule has 0 saturated carbocycles. The molecule has 0 spiro atoms. The van der Waals surface area contributed by atoms with Gasteiger partial charge in [-0.3, -0.25) is 14.4 Å². The first-order chi connectivity index (χ1) is 11.4. The minimum absolute atomic E-state index is 0.187. The zero-order valence-electron chi connectivity index (χ0n) is 12.8. The summed E-state index contributed by atoms with van der Waals surface area (Å²) < 4.78 is 5.26. The number of rotatable bonds is 7. The minimum atomic E-state index is -1.37. The third kappa shape index (κ3) is 5.05. The molecule has 0 radical (unpaired) electrons. The molecule has 0 aromatic carbocycles. The van der Waals surface area contributed by atoms with E-state index in [0.717, 1.165) is 5.56 Å². The molecule has 2 rings (SSSR count). The van der Waals surface area contributed by atoms with E-state index in [-0.39, 0.29) is 18.7 Å². The average molecular weight is 355 g/mol. The number of carbonyl (C=O) groups excluding carboxylic acids is 1. The molecule has 1 amide bonds. The van der Waals surface area contributed by atoms with Crippen LogP contribution in [0.2, 0.25) is 0 Å². The third-order valence-corrected chi connectivity index (χ3v) is 4.60. The minimum Gasteiger partial charge on any atom is -0.481 e. The van der Waals surface area contributed by atoms with E-state index in [0.29, 0.717) is 6.42 Å². The number of carboxylic acids is 2. The lowest BCUT2D eigenvalue weighted by molar-refractivity contribution is -0.152. The lowest BCUT2D eigenvalue weighted by atomic mass is 9.71. The Morgan fingerprint density at radius 3 is 2.67 bits per heavy atom. The monoisotopic (exact) mass is 355 g/mol. The van der Waals surface area contributed by atoms with E-state index >= 15 is 0 Å². The topological polar surface area (TPSA) is 133 Å². The molecule has 8 nitrogen and oxygen atoms in total. The first kappa shape index (κ1) is 18.4. The van der Waals surface area contributed by atoms with Crippen LogP contribution < -0.4 is 5.32 Å². The van der Waals surface area contributed by atoms with E-state index in [4.69, 9.17) is 14.9 Å². The Hall–Kier alpha value is -1.91. The van der Waals surface area contributed by atoms with Crippen LogP contribution in [-0.2, 0) is 25.5 Å². The molecule has 1 fully saturated rings. The molecule has 3 unspecified atom stereocenters. The van der Waals surface area contributed by atoms with Crippen LogP contribution in [0.3, 0.4) is 0 Å². The van der Waals surface area contributed by atoms with Crippen LogP contribution in [0.4, 0.5) is 0 Å². The zero-order valence-corrected chi connectivity index (χ0v) is 13.6. The Kier molecular flexibility index (Phi) is 6.35. The number of carboxylic acid groups (broad SMARTS) is 2.